The molecule has 1 aliphatic heterocycles. The summed E-state index contributed by atoms with van der Waals surface area (Å²) in [5.41, 5.74) is 0.769. The third-order valence-electron chi connectivity index (χ3n) is 3.14. The van der Waals surface area contributed by atoms with Gasteiger partial charge in [-0.3, -0.25) is 4.79 Å². The molecule has 18 heavy (non-hydrogen) atoms. The zero-order chi connectivity index (χ0) is 13.2. The topological polar surface area (TPSA) is 32.3 Å². The quantitative estimate of drug-likeness (QED) is 0.847. The highest BCUT2D eigenvalue weighted by Crippen LogP contribution is 2.20. The Hall–Kier alpha value is -1.06. The number of rotatable bonds is 1. The maximum Gasteiger partial charge on any atom is 0.253 e. The smallest absolute Gasteiger partial charge is 0.253 e. The largest absolute Gasteiger partial charge is 0.337 e. The van der Waals surface area contributed by atoms with Crippen LogP contribution in [0.1, 0.15) is 24.2 Å². The number of nitrogens with one attached hydrogen (secondary N) is 1. The van der Waals surface area contributed by atoms with Crippen molar-refractivity contribution in [2.75, 3.05) is 26.2 Å². The molecule has 3 nitrogen and oxygen atoms in total. The van der Waals surface area contributed by atoms with Gasteiger partial charge in [0.05, 0.1) is 0 Å². The van der Waals surface area contributed by atoms with Crippen LogP contribution in [0.25, 0.3) is 0 Å². The molecule has 1 heterocycles. The zero-order valence-electron chi connectivity index (χ0n) is 10.9. The summed E-state index contributed by atoms with van der Waals surface area (Å²) in [6.07, 6.45) is 0. The molecular weight excluding hydrogens is 248 g/mol. The molecule has 1 aliphatic rings. The first-order valence-corrected chi connectivity index (χ1v) is 6.61. The summed E-state index contributed by atoms with van der Waals surface area (Å²) < 4.78 is 0. The predicted molar refractivity (Wildman–Crippen MR) is 74.0 cm³/mol. The Kier molecular flexibility index (Phi) is 3.93. The van der Waals surface area contributed by atoms with Gasteiger partial charge in [0.25, 0.3) is 5.91 Å². The molecule has 1 fully saturated rings. The number of hydrogen-bond acceptors (Lipinski definition) is 2. The predicted octanol–water partition coefficient (Wildman–Crippen LogP) is 2.41. The number of benzene rings is 1. The van der Waals surface area contributed by atoms with Crippen LogP contribution in [0, 0.1) is 5.41 Å². The monoisotopic (exact) mass is 266 g/mol. The Labute approximate surface area is 113 Å². The van der Waals surface area contributed by atoms with Gasteiger partial charge in [0.2, 0.25) is 0 Å². The van der Waals surface area contributed by atoms with Crippen molar-refractivity contribution in [2.45, 2.75) is 13.8 Å². The van der Waals surface area contributed by atoms with E-state index in [2.05, 4.69) is 19.2 Å². The minimum Gasteiger partial charge on any atom is -0.337 e. The maximum atomic E-state index is 12.4. The fourth-order valence-corrected chi connectivity index (χ4v) is 2.46. The highest BCUT2D eigenvalue weighted by atomic mass is 35.5. The molecule has 0 aromatic heterocycles. The fraction of sp³-hybridized carbons (Fsp3) is 0.500. The van der Waals surface area contributed by atoms with E-state index in [1.165, 1.54) is 0 Å². The summed E-state index contributed by atoms with van der Waals surface area (Å²) in [7, 11) is 0. The van der Waals surface area contributed by atoms with Gasteiger partial charge in [-0.05, 0) is 23.6 Å². The molecule has 0 saturated carbocycles. The highest BCUT2D eigenvalue weighted by molar-refractivity contribution is 6.30. The second kappa shape index (κ2) is 5.29. The molecule has 0 aliphatic carbocycles. The molecule has 0 radical (unpaired) electrons. The Morgan fingerprint density at radius 2 is 2.22 bits per heavy atom. The van der Waals surface area contributed by atoms with Crippen LogP contribution in [0.4, 0.5) is 0 Å². The minimum absolute atomic E-state index is 0.0641. The first-order valence-electron chi connectivity index (χ1n) is 6.23. The van der Waals surface area contributed by atoms with Crippen LogP contribution in [0.5, 0.6) is 0 Å². The normalized spacial score (nSPS) is 19.4. The van der Waals surface area contributed by atoms with Gasteiger partial charge in [0.15, 0.2) is 0 Å². The number of carbonyl (C=O) groups is 1. The Bertz CT molecular complexity index is 445. The molecular formula is C14H19ClN2O. The van der Waals surface area contributed by atoms with Gasteiger partial charge in [0.1, 0.15) is 0 Å². The Morgan fingerprint density at radius 3 is 2.94 bits per heavy atom. The number of carbonyl (C=O) groups excluding carboxylic acids is 1. The van der Waals surface area contributed by atoms with Crippen LogP contribution in [-0.4, -0.2) is 37.0 Å². The van der Waals surface area contributed by atoms with Crippen molar-refractivity contribution in [1.82, 2.24) is 10.2 Å². The fourth-order valence-electron chi connectivity index (χ4n) is 2.27. The summed E-state index contributed by atoms with van der Waals surface area (Å²) >= 11 is 5.93. The summed E-state index contributed by atoms with van der Waals surface area (Å²) in [5.74, 6) is 0.0641. The van der Waals surface area contributed by atoms with Crippen molar-refractivity contribution < 1.29 is 4.79 Å². The summed E-state index contributed by atoms with van der Waals surface area (Å²) in [5, 5.41) is 3.97. The van der Waals surface area contributed by atoms with E-state index in [1.54, 1.807) is 12.1 Å². The Balaban J connectivity index is 2.17. The number of hydrogen-bond donors (Lipinski definition) is 1. The molecule has 0 spiro atoms. The average Bonchev–Trinajstić information content (AvgIpc) is 2.49. The molecule has 2 rings (SSSR count). The van der Waals surface area contributed by atoms with E-state index in [-0.39, 0.29) is 11.3 Å². The van der Waals surface area contributed by atoms with Gasteiger partial charge in [-0.25, -0.2) is 0 Å². The van der Waals surface area contributed by atoms with Crippen LogP contribution in [0.2, 0.25) is 5.02 Å². The summed E-state index contributed by atoms with van der Waals surface area (Å²) in [4.78, 5) is 14.3. The van der Waals surface area contributed by atoms with Crippen LogP contribution < -0.4 is 5.32 Å². The van der Waals surface area contributed by atoms with Crippen LogP contribution in [-0.2, 0) is 0 Å². The third kappa shape index (κ3) is 3.24. The van der Waals surface area contributed by atoms with Gasteiger partial charge in [-0.15, -0.1) is 0 Å². The maximum absolute atomic E-state index is 12.4. The molecule has 1 aromatic carbocycles. The minimum atomic E-state index is 0.0641. The van der Waals surface area contributed by atoms with Gasteiger partial charge in [-0.2, -0.15) is 0 Å². The molecule has 1 N–H and O–H groups in total. The average molecular weight is 267 g/mol. The summed E-state index contributed by atoms with van der Waals surface area (Å²) in [6, 6.07) is 7.15. The van der Waals surface area contributed by atoms with Crippen LogP contribution >= 0.6 is 11.6 Å². The molecule has 1 saturated heterocycles. The third-order valence-corrected chi connectivity index (χ3v) is 3.37. The lowest BCUT2D eigenvalue weighted by Gasteiger charge is -2.29. The lowest BCUT2D eigenvalue weighted by atomic mass is 9.93. The molecule has 1 amide bonds. The molecule has 0 unspecified atom stereocenters. The van der Waals surface area contributed by atoms with E-state index in [1.807, 2.05) is 17.0 Å². The Morgan fingerprint density at radius 1 is 1.44 bits per heavy atom. The van der Waals surface area contributed by atoms with Crippen molar-refractivity contribution in [2.24, 2.45) is 5.41 Å². The highest BCUT2D eigenvalue weighted by Gasteiger charge is 2.27. The van der Waals surface area contributed by atoms with Crippen LogP contribution in [0.3, 0.4) is 0 Å². The van der Waals surface area contributed by atoms with E-state index in [0.29, 0.717) is 10.6 Å². The lowest BCUT2D eigenvalue weighted by Crippen LogP contribution is -2.39. The second-order valence-corrected chi connectivity index (χ2v) is 6.01. The van der Waals surface area contributed by atoms with Crippen LogP contribution in [0.15, 0.2) is 24.3 Å². The first kappa shape index (κ1) is 13.4. The molecule has 98 valence electrons. The van der Waals surface area contributed by atoms with E-state index < -0.39 is 0 Å². The standard InChI is InChI=1S/C14H19ClN2O/c1-14(2)9-16-6-7-17(10-14)13(18)11-4-3-5-12(15)8-11/h3-5,8,16H,6-7,9-10H2,1-2H3. The zero-order valence-corrected chi connectivity index (χ0v) is 11.6. The van der Waals surface area contributed by atoms with Crippen molar-refractivity contribution >= 4 is 17.5 Å². The molecule has 0 atom stereocenters. The number of nitrogens with zero attached hydrogens (tertiary/aromatic N) is 1. The first-order chi connectivity index (χ1) is 8.48. The van der Waals surface area contributed by atoms with Crippen molar-refractivity contribution in [3.8, 4) is 0 Å². The number of amides is 1. The van der Waals surface area contributed by atoms with Gasteiger partial charge in [0, 0.05) is 36.8 Å². The van der Waals surface area contributed by atoms with Crippen molar-refractivity contribution in [3.63, 3.8) is 0 Å². The SMILES string of the molecule is CC1(C)CNCCN(C(=O)c2cccc(Cl)c2)C1. The van der Waals surface area contributed by atoms with Gasteiger partial charge >= 0.3 is 0 Å². The lowest BCUT2D eigenvalue weighted by molar-refractivity contribution is 0.0717. The second-order valence-electron chi connectivity index (χ2n) is 5.58. The van der Waals surface area contributed by atoms with Gasteiger partial charge in [-0.1, -0.05) is 31.5 Å². The van der Waals surface area contributed by atoms with Crippen molar-refractivity contribution in [3.05, 3.63) is 34.9 Å². The molecule has 4 heteroatoms. The molecule has 1 aromatic rings. The summed E-state index contributed by atoms with van der Waals surface area (Å²) in [6.45, 7) is 7.63. The van der Waals surface area contributed by atoms with Crippen molar-refractivity contribution in [1.29, 1.82) is 0 Å². The van der Waals surface area contributed by atoms with E-state index in [0.717, 1.165) is 26.2 Å². The van der Waals surface area contributed by atoms with Gasteiger partial charge < -0.3 is 10.2 Å². The van der Waals surface area contributed by atoms with E-state index >= 15 is 0 Å². The van der Waals surface area contributed by atoms with E-state index in [4.69, 9.17) is 11.6 Å². The molecule has 0 bridgehead atoms. The van der Waals surface area contributed by atoms with E-state index in [9.17, 15) is 4.79 Å². The number of halogens is 1.